The SMILES string of the molecule is O=C(N[C@@H](CO)Cc1ccccc1)c1cccc(Br)n1. The van der Waals surface area contributed by atoms with Gasteiger partial charge >= 0.3 is 0 Å². The van der Waals surface area contributed by atoms with E-state index in [1.165, 1.54) is 0 Å². The number of amides is 1. The predicted molar refractivity (Wildman–Crippen MR) is 80.4 cm³/mol. The number of hydrogen-bond donors (Lipinski definition) is 2. The van der Waals surface area contributed by atoms with Crippen LogP contribution in [0.15, 0.2) is 53.1 Å². The van der Waals surface area contributed by atoms with Gasteiger partial charge in [-0.25, -0.2) is 4.98 Å². The largest absolute Gasteiger partial charge is 0.394 e. The highest BCUT2D eigenvalue weighted by molar-refractivity contribution is 9.10. The van der Waals surface area contributed by atoms with Crippen LogP contribution in [0.2, 0.25) is 0 Å². The van der Waals surface area contributed by atoms with Crippen molar-refractivity contribution in [3.8, 4) is 0 Å². The van der Waals surface area contributed by atoms with E-state index >= 15 is 0 Å². The standard InChI is InChI=1S/C15H15BrN2O2/c16-14-8-4-7-13(18-14)15(20)17-12(10-19)9-11-5-2-1-3-6-11/h1-8,12,19H,9-10H2,(H,17,20)/t12-/m1/s1. The summed E-state index contributed by atoms with van der Waals surface area (Å²) in [5, 5.41) is 12.2. The fourth-order valence-electron chi connectivity index (χ4n) is 1.85. The first-order chi connectivity index (χ1) is 9.69. The summed E-state index contributed by atoms with van der Waals surface area (Å²) in [6.07, 6.45) is 0.580. The normalized spacial score (nSPS) is 11.9. The van der Waals surface area contributed by atoms with Crippen molar-refractivity contribution in [1.82, 2.24) is 10.3 Å². The Hall–Kier alpha value is -1.72. The topological polar surface area (TPSA) is 62.2 Å². The van der Waals surface area contributed by atoms with Crippen molar-refractivity contribution in [1.29, 1.82) is 0 Å². The second kappa shape index (κ2) is 7.17. The van der Waals surface area contributed by atoms with Crippen LogP contribution < -0.4 is 5.32 Å². The summed E-state index contributed by atoms with van der Waals surface area (Å²) >= 11 is 3.23. The summed E-state index contributed by atoms with van der Waals surface area (Å²) < 4.78 is 0.605. The number of aliphatic hydroxyl groups is 1. The van der Waals surface area contributed by atoms with Gasteiger partial charge in [-0.2, -0.15) is 0 Å². The van der Waals surface area contributed by atoms with Crippen LogP contribution in [0.3, 0.4) is 0 Å². The molecular formula is C15H15BrN2O2. The molecule has 1 amide bonds. The lowest BCUT2D eigenvalue weighted by molar-refractivity contribution is 0.0911. The number of aliphatic hydroxyl groups excluding tert-OH is 1. The lowest BCUT2D eigenvalue weighted by Crippen LogP contribution is -2.39. The molecule has 2 N–H and O–H groups in total. The number of pyridine rings is 1. The molecule has 1 aromatic carbocycles. The molecule has 0 aliphatic heterocycles. The molecule has 5 heteroatoms. The molecule has 1 aromatic heterocycles. The molecule has 0 saturated carbocycles. The minimum atomic E-state index is -0.328. The Bertz CT molecular complexity index is 575. The van der Waals surface area contributed by atoms with E-state index in [9.17, 15) is 9.90 Å². The molecule has 20 heavy (non-hydrogen) atoms. The molecule has 0 radical (unpaired) electrons. The Kier molecular flexibility index (Phi) is 5.26. The quantitative estimate of drug-likeness (QED) is 0.824. The maximum atomic E-state index is 12.1. The number of carbonyl (C=O) groups excluding carboxylic acids is 1. The average molecular weight is 335 g/mol. The van der Waals surface area contributed by atoms with Gasteiger partial charge in [-0.1, -0.05) is 36.4 Å². The van der Waals surface area contributed by atoms with Gasteiger partial charge in [-0.15, -0.1) is 0 Å². The van der Waals surface area contributed by atoms with Crippen molar-refractivity contribution in [3.05, 3.63) is 64.4 Å². The zero-order chi connectivity index (χ0) is 14.4. The fraction of sp³-hybridized carbons (Fsp3) is 0.200. The molecule has 0 aliphatic carbocycles. The number of aromatic nitrogens is 1. The molecule has 0 unspecified atom stereocenters. The first-order valence-corrected chi connectivity index (χ1v) is 7.06. The Morgan fingerprint density at radius 2 is 1.95 bits per heavy atom. The number of rotatable bonds is 5. The number of carbonyl (C=O) groups is 1. The van der Waals surface area contributed by atoms with Crippen LogP contribution in [-0.2, 0) is 6.42 Å². The Morgan fingerprint density at radius 1 is 1.20 bits per heavy atom. The van der Waals surface area contributed by atoms with E-state index in [-0.39, 0.29) is 18.6 Å². The number of hydrogen-bond acceptors (Lipinski definition) is 3. The monoisotopic (exact) mass is 334 g/mol. The van der Waals surface area contributed by atoms with E-state index < -0.39 is 0 Å². The molecule has 2 rings (SSSR count). The Balaban J connectivity index is 2.01. The summed E-state index contributed by atoms with van der Waals surface area (Å²) in [7, 11) is 0. The van der Waals surface area contributed by atoms with Gasteiger partial charge in [-0.05, 0) is 40.0 Å². The number of nitrogens with zero attached hydrogens (tertiary/aromatic N) is 1. The number of halogens is 1. The van der Waals surface area contributed by atoms with Crippen LogP contribution in [-0.4, -0.2) is 28.6 Å². The van der Waals surface area contributed by atoms with Crippen molar-refractivity contribution in [2.24, 2.45) is 0 Å². The fourth-order valence-corrected chi connectivity index (χ4v) is 2.20. The molecule has 0 saturated heterocycles. The van der Waals surface area contributed by atoms with Crippen molar-refractivity contribution >= 4 is 21.8 Å². The van der Waals surface area contributed by atoms with Gasteiger partial charge in [0.05, 0.1) is 12.6 Å². The molecule has 4 nitrogen and oxygen atoms in total. The third kappa shape index (κ3) is 4.15. The zero-order valence-electron chi connectivity index (χ0n) is 10.8. The minimum absolute atomic E-state index is 0.116. The van der Waals surface area contributed by atoms with E-state index in [0.717, 1.165) is 5.56 Å². The summed E-state index contributed by atoms with van der Waals surface area (Å²) in [5.74, 6) is -0.290. The van der Waals surface area contributed by atoms with E-state index in [1.54, 1.807) is 18.2 Å². The van der Waals surface area contributed by atoms with Crippen LogP contribution in [0.1, 0.15) is 16.1 Å². The van der Waals surface area contributed by atoms with Crippen LogP contribution in [0, 0.1) is 0 Å². The minimum Gasteiger partial charge on any atom is -0.394 e. The van der Waals surface area contributed by atoms with Gasteiger partial charge in [0, 0.05) is 0 Å². The van der Waals surface area contributed by atoms with Crippen molar-refractivity contribution in [2.45, 2.75) is 12.5 Å². The van der Waals surface area contributed by atoms with Gasteiger partial charge < -0.3 is 10.4 Å². The highest BCUT2D eigenvalue weighted by atomic mass is 79.9. The Labute approximate surface area is 126 Å². The van der Waals surface area contributed by atoms with Gasteiger partial charge in [0.25, 0.3) is 5.91 Å². The molecule has 0 aliphatic rings. The molecule has 1 atom stereocenters. The summed E-state index contributed by atoms with van der Waals surface area (Å²) in [5.41, 5.74) is 1.39. The summed E-state index contributed by atoms with van der Waals surface area (Å²) in [4.78, 5) is 16.1. The maximum absolute atomic E-state index is 12.1. The molecule has 0 bridgehead atoms. The number of benzene rings is 1. The molecule has 104 valence electrons. The summed E-state index contributed by atoms with van der Waals surface area (Å²) in [6.45, 7) is -0.116. The highest BCUT2D eigenvalue weighted by Crippen LogP contribution is 2.07. The zero-order valence-corrected chi connectivity index (χ0v) is 12.4. The second-order valence-corrected chi connectivity index (χ2v) is 5.20. The molecule has 2 aromatic rings. The van der Waals surface area contributed by atoms with Gasteiger partial charge in [0.1, 0.15) is 10.3 Å². The van der Waals surface area contributed by atoms with Crippen LogP contribution in [0.4, 0.5) is 0 Å². The van der Waals surface area contributed by atoms with Crippen molar-refractivity contribution in [2.75, 3.05) is 6.61 Å². The molecule has 0 spiro atoms. The van der Waals surface area contributed by atoms with Crippen LogP contribution in [0.5, 0.6) is 0 Å². The first-order valence-electron chi connectivity index (χ1n) is 6.27. The van der Waals surface area contributed by atoms with Crippen LogP contribution in [0.25, 0.3) is 0 Å². The van der Waals surface area contributed by atoms with Gasteiger partial charge in [0.15, 0.2) is 0 Å². The van der Waals surface area contributed by atoms with Crippen molar-refractivity contribution < 1.29 is 9.90 Å². The second-order valence-electron chi connectivity index (χ2n) is 4.39. The lowest BCUT2D eigenvalue weighted by atomic mass is 10.1. The van der Waals surface area contributed by atoms with E-state index in [2.05, 4.69) is 26.2 Å². The third-order valence-corrected chi connectivity index (χ3v) is 3.27. The predicted octanol–water partition coefficient (Wildman–Crippen LogP) is 2.18. The van der Waals surface area contributed by atoms with Gasteiger partial charge in [0.2, 0.25) is 0 Å². The molecule has 0 fully saturated rings. The molecule has 1 heterocycles. The maximum Gasteiger partial charge on any atom is 0.270 e. The lowest BCUT2D eigenvalue weighted by Gasteiger charge is -2.16. The molecular weight excluding hydrogens is 320 g/mol. The highest BCUT2D eigenvalue weighted by Gasteiger charge is 2.14. The average Bonchev–Trinajstić information content (AvgIpc) is 2.47. The first kappa shape index (κ1) is 14.7. The van der Waals surface area contributed by atoms with E-state index in [4.69, 9.17) is 0 Å². The van der Waals surface area contributed by atoms with Gasteiger partial charge in [-0.3, -0.25) is 4.79 Å². The van der Waals surface area contributed by atoms with E-state index in [1.807, 2.05) is 30.3 Å². The van der Waals surface area contributed by atoms with Crippen molar-refractivity contribution in [3.63, 3.8) is 0 Å². The van der Waals surface area contributed by atoms with Crippen LogP contribution >= 0.6 is 15.9 Å². The number of nitrogens with one attached hydrogen (secondary N) is 1. The Morgan fingerprint density at radius 3 is 2.60 bits per heavy atom. The smallest absolute Gasteiger partial charge is 0.270 e. The summed E-state index contributed by atoms with van der Waals surface area (Å²) in [6, 6.07) is 14.5. The third-order valence-electron chi connectivity index (χ3n) is 2.83. The van der Waals surface area contributed by atoms with E-state index in [0.29, 0.717) is 16.7 Å².